The predicted molar refractivity (Wildman–Crippen MR) is 97.8 cm³/mol. The second-order valence-electron chi connectivity index (χ2n) is 4.85. The quantitative estimate of drug-likeness (QED) is 0.596. The standard InChI is InChI=1S/C16H10N4O2S.C2H6/c21-16(22)10-3-5-17-13(8-10)11-9-18-20-6-4-12(19-15(11)20)14-2-1-7-23-14;1-2/h1-9H,(H,21,22);1-2H3. The number of carboxylic acid groups (broad SMARTS) is 1. The van der Waals surface area contributed by atoms with Crippen LogP contribution in [0.15, 0.2) is 54.3 Å². The minimum absolute atomic E-state index is 0.184. The molecule has 25 heavy (non-hydrogen) atoms. The molecule has 0 atom stereocenters. The van der Waals surface area contributed by atoms with E-state index in [9.17, 15) is 4.79 Å². The molecule has 0 aliphatic rings. The lowest BCUT2D eigenvalue weighted by Crippen LogP contribution is -1.97. The normalized spacial score (nSPS) is 10.3. The van der Waals surface area contributed by atoms with Crippen LogP contribution < -0.4 is 0 Å². The summed E-state index contributed by atoms with van der Waals surface area (Å²) >= 11 is 1.61. The number of hydrogen-bond acceptors (Lipinski definition) is 5. The van der Waals surface area contributed by atoms with Gasteiger partial charge in [0.1, 0.15) is 0 Å². The molecule has 0 spiro atoms. The number of thiophene rings is 1. The molecular formula is C18H16N4O2S. The molecule has 7 heteroatoms. The van der Waals surface area contributed by atoms with E-state index >= 15 is 0 Å². The number of carbonyl (C=O) groups is 1. The molecule has 0 aliphatic carbocycles. The van der Waals surface area contributed by atoms with Crippen molar-refractivity contribution in [3.8, 4) is 21.8 Å². The Morgan fingerprint density at radius 1 is 1.20 bits per heavy atom. The molecule has 4 heterocycles. The molecule has 1 N–H and O–H groups in total. The summed E-state index contributed by atoms with van der Waals surface area (Å²) in [6.07, 6.45) is 4.96. The number of carboxylic acids is 1. The number of aromatic carboxylic acids is 1. The number of hydrogen-bond donors (Lipinski definition) is 1. The molecule has 0 aromatic carbocycles. The van der Waals surface area contributed by atoms with E-state index in [0.29, 0.717) is 16.9 Å². The Morgan fingerprint density at radius 3 is 2.76 bits per heavy atom. The number of pyridine rings is 1. The maximum atomic E-state index is 11.1. The van der Waals surface area contributed by atoms with Gasteiger partial charge in [0.05, 0.1) is 33.6 Å². The Labute approximate surface area is 148 Å². The molecule has 4 aromatic heterocycles. The highest BCUT2D eigenvalue weighted by atomic mass is 32.1. The fourth-order valence-electron chi connectivity index (χ4n) is 2.32. The summed E-state index contributed by atoms with van der Waals surface area (Å²) in [6, 6.07) is 8.86. The van der Waals surface area contributed by atoms with Crippen LogP contribution in [-0.2, 0) is 0 Å². The lowest BCUT2D eigenvalue weighted by molar-refractivity contribution is 0.0697. The van der Waals surface area contributed by atoms with Gasteiger partial charge in [0.15, 0.2) is 5.65 Å². The van der Waals surface area contributed by atoms with Crippen LogP contribution in [0.3, 0.4) is 0 Å². The van der Waals surface area contributed by atoms with Gasteiger partial charge in [-0.15, -0.1) is 11.3 Å². The molecule has 0 saturated carbocycles. The number of rotatable bonds is 3. The minimum Gasteiger partial charge on any atom is -0.478 e. The molecule has 126 valence electrons. The highest BCUT2D eigenvalue weighted by molar-refractivity contribution is 7.13. The van der Waals surface area contributed by atoms with E-state index in [-0.39, 0.29) is 5.56 Å². The zero-order valence-electron chi connectivity index (χ0n) is 13.7. The van der Waals surface area contributed by atoms with Gasteiger partial charge in [-0.25, -0.2) is 14.3 Å². The Morgan fingerprint density at radius 2 is 2.04 bits per heavy atom. The van der Waals surface area contributed by atoms with Gasteiger partial charge in [0.25, 0.3) is 0 Å². The van der Waals surface area contributed by atoms with E-state index in [1.165, 1.54) is 18.3 Å². The molecule has 0 amide bonds. The second-order valence-corrected chi connectivity index (χ2v) is 5.80. The monoisotopic (exact) mass is 352 g/mol. The first-order chi connectivity index (χ1) is 12.2. The third kappa shape index (κ3) is 3.27. The predicted octanol–water partition coefficient (Wildman–Crippen LogP) is 4.24. The number of nitrogens with zero attached hydrogens (tertiary/aromatic N) is 4. The Kier molecular flexibility index (Phi) is 4.85. The molecule has 4 aromatic rings. The van der Waals surface area contributed by atoms with E-state index in [4.69, 9.17) is 5.11 Å². The van der Waals surface area contributed by atoms with E-state index in [1.54, 1.807) is 22.0 Å². The maximum Gasteiger partial charge on any atom is 0.335 e. The van der Waals surface area contributed by atoms with Crippen LogP contribution in [0.1, 0.15) is 24.2 Å². The Hall–Kier alpha value is -3.06. The molecule has 6 nitrogen and oxygen atoms in total. The zero-order valence-corrected chi connectivity index (χ0v) is 14.6. The van der Waals surface area contributed by atoms with E-state index < -0.39 is 5.97 Å². The van der Waals surface area contributed by atoms with Crippen LogP contribution >= 0.6 is 11.3 Å². The lowest BCUT2D eigenvalue weighted by Gasteiger charge is -2.02. The van der Waals surface area contributed by atoms with Gasteiger partial charge in [-0.05, 0) is 29.6 Å². The van der Waals surface area contributed by atoms with E-state index in [2.05, 4.69) is 15.1 Å². The Bertz CT molecular complexity index is 1010. The highest BCUT2D eigenvalue weighted by Crippen LogP contribution is 2.27. The summed E-state index contributed by atoms with van der Waals surface area (Å²) in [5, 5.41) is 15.4. The maximum absolute atomic E-state index is 11.1. The summed E-state index contributed by atoms with van der Waals surface area (Å²) in [5.74, 6) is -0.989. The smallest absolute Gasteiger partial charge is 0.335 e. The fourth-order valence-corrected chi connectivity index (χ4v) is 3.02. The summed E-state index contributed by atoms with van der Waals surface area (Å²) in [5.41, 5.74) is 2.92. The first-order valence-electron chi connectivity index (χ1n) is 7.80. The third-order valence-electron chi connectivity index (χ3n) is 3.43. The van der Waals surface area contributed by atoms with Crippen LogP contribution in [-0.4, -0.2) is 30.7 Å². The van der Waals surface area contributed by atoms with Crippen LogP contribution in [0.5, 0.6) is 0 Å². The topological polar surface area (TPSA) is 80.4 Å². The first-order valence-corrected chi connectivity index (χ1v) is 8.68. The van der Waals surface area contributed by atoms with E-state index in [1.807, 2.05) is 43.6 Å². The van der Waals surface area contributed by atoms with Gasteiger partial charge in [-0.1, -0.05) is 19.9 Å². The van der Waals surface area contributed by atoms with Crippen molar-refractivity contribution in [1.29, 1.82) is 0 Å². The van der Waals surface area contributed by atoms with Crippen molar-refractivity contribution < 1.29 is 9.90 Å². The molecular weight excluding hydrogens is 336 g/mol. The molecule has 4 rings (SSSR count). The third-order valence-corrected chi connectivity index (χ3v) is 4.32. The summed E-state index contributed by atoms with van der Waals surface area (Å²) in [6.45, 7) is 4.00. The molecule has 0 unspecified atom stereocenters. The van der Waals surface area contributed by atoms with Crippen molar-refractivity contribution in [2.45, 2.75) is 13.8 Å². The summed E-state index contributed by atoms with van der Waals surface area (Å²) < 4.78 is 1.65. The summed E-state index contributed by atoms with van der Waals surface area (Å²) in [4.78, 5) is 21.1. The lowest BCUT2D eigenvalue weighted by atomic mass is 10.1. The van der Waals surface area contributed by atoms with Crippen molar-refractivity contribution in [3.63, 3.8) is 0 Å². The number of aromatic nitrogens is 4. The SMILES string of the molecule is CC.O=C(O)c1ccnc(-c2cnn3ccc(-c4cccs4)nc23)c1. The first kappa shape index (κ1) is 16.8. The molecule has 0 bridgehead atoms. The van der Waals surface area contributed by atoms with Crippen LogP contribution in [0, 0.1) is 0 Å². The minimum atomic E-state index is -0.989. The zero-order chi connectivity index (χ0) is 17.8. The van der Waals surface area contributed by atoms with Gasteiger partial charge < -0.3 is 5.11 Å². The van der Waals surface area contributed by atoms with Gasteiger partial charge in [0.2, 0.25) is 0 Å². The molecule has 0 fully saturated rings. The van der Waals surface area contributed by atoms with Gasteiger partial charge in [-0.2, -0.15) is 5.10 Å². The fraction of sp³-hybridized carbons (Fsp3) is 0.111. The van der Waals surface area contributed by atoms with Crippen molar-refractivity contribution in [3.05, 3.63) is 59.9 Å². The average Bonchev–Trinajstić information content (AvgIpc) is 3.33. The highest BCUT2D eigenvalue weighted by Gasteiger charge is 2.13. The van der Waals surface area contributed by atoms with Crippen LogP contribution in [0.25, 0.3) is 27.5 Å². The molecule has 0 saturated heterocycles. The molecule has 0 radical (unpaired) electrons. The van der Waals surface area contributed by atoms with E-state index in [0.717, 1.165) is 10.6 Å². The van der Waals surface area contributed by atoms with Crippen LogP contribution in [0.2, 0.25) is 0 Å². The second kappa shape index (κ2) is 7.23. The Balaban J connectivity index is 0.000000880. The van der Waals surface area contributed by atoms with Crippen molar-refractivity contribution in [2.75, 3.05) is 0 Å². The molecule has 0 aliphatic heterocycles. The van der Waals surface area contributed by atoms with Crippen molar-refractivity contribution in [2.24, 2.45) is 0 Å². The van der Waals surface area contributed by atoms with Gasteiger partial charge in [0, 0.05) is 12.4 Å². The largest absolute Gasteiger partial charge is 0.478 e. The average molecular weight is 352 g/mol. The number of fused-ring (bicyclic) bond motifs is 1. The van der Waals surface area contributed by atoms with Crippen molar-refractivity contribution >= 4 is 23.0 Å². The van der Waals surface area contributed by atoms with Gasteiger partial charge in [-0.3, -0.25) is 4.98 Å². The van der Waals surface area contributed by atoms with Gasteiger partial charge >= 0.3 is 5.97 Å². The van der Waals surface area contributed by atoms with Crippen LogP contribution in [0.4, 0.5) is 0 Å². The van der Waals surface area contributed by atoms with Crippen molar-refractivity contribution in [1.82, 2.24) is 19.6 Å². The summed E-state index contributed by atoms with van der Waals surface area (Å²) in [7, 11) is 0.